The van der Waals surface area contributed by atoms with Crippen LogP contribution in [0.15, 0.2) is 53.7 Å². The fourth-order valence-electron chi connectivity index (χ4n) is 1.81. The van der Waals surface area contributed by atoms with Crippen molar-refractivity contribution in [3.63, 3.8) is 0 Å². The summed E-state index contributed by atoms with van der Waals surface area (Å²) in [5.41, 5.74) is 0.425. The Bertz CT molecular complexity index is 676. The van der Waals surface area contributed by atoms with Crippen molar-refractivity contribution < 1.29 is 0 Å². The second-order valence-electron chi connectivity index (χ2n) is 3.58. The Morgan fingerprint density at radius 3 is 2.69 bits per heavy atom. The molecule has 0 aliphatic rings. The SMILES string of the molecule is O=c1c2ccccc2ccc2cncnc12. The van der Waals surface area contributed by atoms with Gasteiger partial charge in [0.2, 0.25) is 5.43 Å². The lowest BCUT2D eigenvalue weighted by atomic mass is 10.2. The van der Waals surface area contributed by atoms with E-state index in [1.165, 1.54) is 6.33 Å². The van der Waals surface area contributed by atoms with Crippen LogP contribution in [-0.4, -0.2) is 9.97 Å². The fourth-order valence-corrected chi connectivity index (χ4v) is 1.81. The molecule has 0 N–H and O–H groups in total. The van der Waals surface area contributed by atoms with E-state index in [0.29, 0.717) is 10.9 Å². The fraction of sp³-hybridized carbons (Fsp3) is 0. The van der Waals surface area contributed by atoms with Gasteiger partial charge in [0, 0.05) is 17.0 Å². The zero-order chi connectivity index (χ0) is 11.0. The number of rotatable bonds is 0. The van der Waals surface area contributed by atoms with Crippen molar-refractivity contribution in [1.82, 2.24) is 9.97 Å². The van der Waals surface area contributed by atoms with E-state index in [2.05, 4.69) is 9.97 Å². The maximum absolute atomic E-state index is 12.2. The molecule has 0 bridgehead atoms. The number of nitrogens with zero attached hydrogens (tertiary/aromatic N) is 2. The van der Waals surface area contributed by atoms with E-state index in [-0.39, 0.29) is 5.43 Å². The molecule has 3 heteroatoms. The quantitative estimate of drug-likeness (QED) is 0.568. The van der Waals surface area contributed by atoms with Crippen molar-refractivity contribution in [2.45, 2.75) is 0 Å². The summed E-state index contributed by atoms with van der Waals surface area (Å²) in [6.45, 7) is 0. The second-order valence-corrected chi connectivity index (χ2v) is 3.58. The standard InChI is InChI=1S/C13H8N2O/c16-13-11-4-2-1-3-9(11)5-6-10-7-14-8-15-12(10)13/h1-8H. The van der Waals surface area contributed by atoms with Gasteiger partial charge in [-0.05, 0) is 5.39 Å². The molecule has 1 heterocycles. The Morgan fingerprint density at radius 1 is 0.938 bits per heavy atom. The zero-order valence-corrected chi connectivity index (χ0v) is 8.42. The molecule has 0 saturated carbocycles. The highest BCUT2D eigenvalue weighted by Crippen LogP contribution is 2.12. The Balaban J connectivity index is 2.69. The van der Waals surface area contributed by atoms with Gasteiger partial charge in [-0.2, -0.15) is 0 Å². The van der Waals surface area contributed by atoms with E-state index in [1.807, 2.05) is 36.4 Å². The molecular weight excluding hydrogens is 200 g/mol. The maximum Gasteiger partial charge on any atom is 0.212 e. The van der Waals surface area contributed by atoms with E-state index in [9.17, 15) is 4.79 Å². The van der Waals surface area contributed by atoms with Crippen molar-refractivity contribution in [2.75, 3.05) is 0 Å². The molecule has 3 aromatic rings. The van der Waals surface area contributed by atoms with E-state index in [1.54, 1.807) is 6.20 Å². The highest BCUT2D eigenvalue weighted by Gasteiger charge is 2.01. The van der Waals surface area contributed by atoms with Crippen LogP contribution in [0.2, 0.25) is 0 Å². The first-order chi connectivity index (χ1) is 7.86. The second kappa shape index (κ2) is 3.38. The van der Waals surface area contributed by atoms with Gasteiger partial charge in [0.25, 0.3) is 0 Å². The molecule has 3 rings (SSSR count). The van der Waals surface area contributed by atoms with Gasteiger partial charge in [0.15, 0.2) is 0 Å². The summed E-state index contributed by atoms with van der Waals surface area (Å²) in [4.78, 5) is 20.2. The molecule has 3 nitrogen and oxygen atoms in total. The average Bonchev–Trinajstić information content (AvgIpc) is 2.49. The summed E-state index contributed by atoms with van der Waals surface area (Å²) < 4.78 is 0. The molecule has 0 atom stereocenters. The summed E-state index contributed by atoms with van der Waals surface area (Å²) in [6.07, 6.45) is 3.06. The summed E-state index contributed by atoms with van der Waals surface area (Å²) in [7, 11) is 0. The third-order valence-corrected chi connectivity index (χ3v) is 2.60. The van der Waals surface area contributed by atoms with Crippen LogP contribution in [0, 0.1) is 0 Å². The molecule has 0 aliphatic heterocycles. The van der Waals surface area contributed by atoms with Crippen LogP contribution in [0.3, 0.4) is 0 Å². The van der Waals surface area contributed by atoms with Gasteiger partial charge in [-0.1, -0.05) is 36.4 Å². The topological polar surface area (TPSA) is 42.9 Å². The van der Waals surface area contributed by atoms with Crippen LogP contribution in [0.5, 0.6) is 0 Å². The third-order valence-electron chi connectivity index (χ3n) is 2.60. The van der Waals surface area contributed by atoms with Crippen molar-refractivity contribution in [3.8, 4) is 0 Å². The van der Waals surface area contributed by atoms with Gasteiger partial charge in [-0.3, -0.25) is 4.79 Å². The summed E-state index contributed by atoms with van der Waals surface area (Å²) >= 11 is 0. The molecule has 76 valence electrons. The van der Waals surface area contributed by atoms with Crippen LogP contribution in [-0.2, 0) is 0 Å². The van der Waals surface area contributed by atoms with Crippen LogP contribution < -0.4 is 5.43 Å². The van der Waals surface area contributed by atoms with Crippen LogP contribution in [0.4, 0.5) is 0 Å². The molecular formula is C13H8N2O. The number of fused-ring (bicyclic) bond motifs is 2. The van der Waals surface area contributed by atoms with Crippen LogP contribution >= 0.6 is 0 Å². The number of hydrogen-bond acceptors (Lipinski definition) is 3. The number of hydrogen-bond donors (Lipinski definition) is 0. The van der Waals surface area contributed by atoms with Crippen molar-refractivity contribution in [3.05, 3.63) is 59.1 Å². The van der Waals surface area contributed by atoms with Gasteiger partial charge in [-0.25, -0.2) is 9.97 Å². The molecule has 1 aromatic heterocycles. The largest absolute Gasteiger partial charge is 0.287 e. The Kier molecular flexibility index (Phi) is 1.90. The lowest BCUT2D eigenvalue weighted by Crippen LogP contribution is -2.00. The first kappa shape index (κ1) is 8.97. The summed E-state index contributed by atoms with van der Waals surface area (Å²) in [6, 6.07) is 11.3. The molecule has 16 heavy (non-hydrogen) atoms. The molecule has 0 spiro atoms. The van der Waals surface area contributed by atoms with Gasteiger partial charge in [-0.15, -0.1) is 0 Å². The van der Waals surface area contributed by atoms with Crippen molar-refractivity contribution in [2.24, 2.45) is 0 Å². The highest BCUT2D eigenvalue weighted by atomic mass is 16.1. The molecule has 2 aromatic carbocycles. The first-order valence-electron chi connectivity index (χ1n) is 4.98. The zero-order valence-electron chi connectivity index (χ0n) is 8.42. The molecule has 0 saturated heterocycles. The smallest absolute Gasteiger partial charge is 0.212 e. The van der Waals surface area contributed by atoms with Gasteiger partial charge in [0.1, 0.15) is 11.8 Å². The van der Waals surface area contributed by atoms with Crippen molar-refractivity contribution >= 4 is 21.7 Å². The van der Waals surface area contributed by atoms with Gasteiger partial charge >= 0.3 is 0 Å². The minimum atomic E-state index is -0.0435. The number of aromatic nitrogens is 2. The monoisotopic (exact) mass is 208 g/mol. The van der Waals surface area contributed by atoms with Crippen molar-refractivity contribution in [1.29, 1.82) is 0 Å². The minimum absolute atomic E-state index is 0.0435. The normalized spacial score (nSPS) is 10.8. The Morgan fingerprint density at radius 2 is 1.75 bits per heavy atom. The summed E-state index contributed by atoms with van der Waals surface area (Å²) in [5, 5.41) is 2.38. The molecule has 0 fully saturated rings. The maximum atomic E-state index is 12.2. The van der Waals surface area contributed by atoms with E-state index in [0.717, 1.165) is 10.8 Å². The lowest BCUT2D eigenvalue weighted by molar-refractivity contribution is 1.22. The predicted octanol–water partition coefficient (Wildman–Crippen LogP) is 2.14. The molecule has 0 unspecified atom stereocenters. The predicted molar refractivity (Wildman–Crippen MR) is 63.3 cm³/mol. The minimum Gasteiger partial charge on any atom is -0.287 e. The Labute approximate surface area is 91.4 Å². The van der Waals surface area contributed by atoms with Gasteiger partial charge < -0.3 is 0 Å². The van der Waals surface area contributed by atoms with E-state index < -0.39 is 0 Å². The van der Waals surface area contributed by atoms with E-state index >= 15 is 0 Å². The van der Waals surface area contributed by atoms with Gasteiger partial charge in [0.05, 0.1) is 0 Å². The Hall–Kier alpha value is -2.29. The highest BCUT2D eigenvalue weighted by molar-refractivity contribution is 5.90. The molecule has 0 radical (unpaired) electrons. The molecule has 0 aliphatic carbocycles. The third kappa shape index (κ3) is 1.26. The van der Waals surface area contributed by atoms with Crippen LogP contribution in [0.1, 0.15) is 0 Å². The molecule has 0 amide bonds. The average molecular weight is 208 g/mol. The summed E-state index contributed by atoms with van der Waals surface area (Å²) in [5.74, 6) is 0. The first-order valence-corrected chi connectivity index (χ1v) is 4.98. The van der Waals surface area contributed by atoms with E-state index in [4.69, 9.17) is 0 Å². The van der Waals surface area contributed by atoms with Crippen LogP contribution in [0.25, 0.3) is 21.7 Å². The lowest BCUT2D eigenvalue weighted by Gasteiger charge is -1.89. The number of benzene rings is 1.